The first kappa shape index (κ1) is 35.9. The summed E-state index contributed by atoms with van der Waals surface area (Å²) in [7, 11) is 0. The summed E-state index contributed by atoms with van der Waals surface area (Å²) >= 11 is 11.9. The van der Waals surface area contributed by atoms with Crippen LogP contribution in [0.1, 0.15) is 41.5 Å². The van der Waals surface area contributed by atoms with E-state index in [0.717, 1.165) is 37.6 Å². The van der Waals surface area contributed by atoms with Crippen LogP contribution in [-0.4, -0.2) is 96.8 Å². The Balaban J connectivity index is 0.000000325. The van der Waals surface area contributed by atoms with Gasteiger partial charge in [0.15, 0.2) is 0 Å². The molecule has 2 aromatic rings. The molecular formula is C31H44Cl2N6O6. The third kappa shape index (κ3) is 12.0. The fourth-order valence-corrected chi connectivity index (χ4v) is 4.78. The Morgan fingerprint density at radius 1 is 0.778 bits per heavy atom. The van der Waals surface area contributed by atoms with Crippen molar-refractivity contribution in [3.8, 4) is 11.5 Å². The number of phenolic OH excluding ortho intramolecular Hbond substituents is 2. The quantitative estimate of drug-likeness (QED) is 0.242. The van der Waals surface area contributed by atoms with E-state index in [4.69, 9.17) is 32.7 Å². The number of guanidine groups is 1. The lowest BCUT2D eigenvalue weighted by Crippen LogP contribution is -2.54. The second kappa shape index (κ2) is 15.6. The summed E-state index contributed by atoms with van der Waals surface area (Å²) in [6.45, 7) is 16.6. The summed E-state index contributed by atoms with van der Waals surface area (Å²) in [5.74, 6) is 0.245. The molecule has 2 aliphatic heterocycles. The van der Waals surface area contributed by atoms with Gasteiger partial charge in [-0.3, -0.25) is 5.32 Å². The predicted octanol–water partition coefficient (Wildman–Crippen LogP) is 5.44. The molecule has 0 saturated carbocycles. The molecule has 0 aliphatic carbocycles. The number of ether oxygens (including phenoxy) is 2. The van der Waals surface area contributed by atoms with E-state index < -0.39 is 23.4 Å². The molecule has 4 rings (SSSR count). The van der Waals surface area contributed by atoms with Crippen LogP contribution < -0.4 is 20.4 Å². The zero-order valence-corrected chi connectivity index (χ0v) is 28.2. The van der Waals surface area contributed by atoms with Crippen molar-refractivity contribution in [2.24, 2.45) is 4.99 Å². The van der Waals surface area contributed by atoms with E-state index in [1.165, 1.54) is 0 Å². The number of aliphatic imine (C=N–C) groups is 1. The first-order chi connectivity index (χ1) is 21.0. The van der Waals surface area contributed by atoms with Crippen LogP contribution in [0.2, 0.25) is 10.0 Å². The molecule has 4 N–H and O–H groups in total. The monoisotopic (exact) mass is 666 g/mol. The van der Waals surface area contributed by atoms with Gasteiger partial charge in [0.25, 0.3) is 0 Å². The van der Waals surface area contributed by atoms with Gasteiger partial charge >= 0.3 is 12.2 Å². The topological polar surface area (TPSA) is 139 Å². The molecular weight excluding hydrogens is 623 g/mol. The third-order valence-electron chi connectivity index (χ3n) is 6.49. The van der Waals surface area contributed by atoms with Crippen molar-refractivity contribution in [2.45, 2.75) is 52.7 Å². The minimum Gasteiger partial charge on any atom is -0.506 e. The van der Waals surface area contributed by atoms with Crippen molar-refractivity contribution in [3.63, 3.8) is 0 Å². The Hall–Kier alpha value is -3.61. The molecule has 0 atom stereocenters. The summed E-state index contributed by atoms with van der Waals surface area (Å²) in [5, 5.41) is 25.4. The number of nitrogens with zero attached hydrogens (tertiary/aromatic N) is 4. The number of piperazine rings is 2. The summed E-state index contributed by atoms with van der Waals surface area (Å²) in [4.78, 5) is 34.6. The van der Waals surface area contributed by atoms with Crippen LogP contribution in [0.3, 0.4) is 0 Å². The van der Waals surface area contributed by atoms with Crippen LogP contribution in [0.5, 0.6) is 11.5 Å². The van der Waals surface area contributed by atoms with Gasteiger partial charge in [-0.1, -0.05) is 23.2 Å². The van der Waals surface area contributed by atoms with Crippen molar-refractivity contribution < 1.29 is 29.3 Å². The second-order valence-corrected chi connectivity index (χ2v) is 13.3. The molecule has 2 aliphatic rings. The van der Waals surface area contributed by atoms with Gasteiger partial charge < -0.3 is 39.7 Å². The maximum atomic E-state index is 12.3. The molecule has 2 aromatic carbocycles. The Morgan fingerprint density at radius 2 is 1.24 bits per heavy atom. The van der Waals surface area contributed by atoms with E-state index in [-0.39, 0.29) is 22.5 Å². The summed E-state index contributed by atoms with van der Waals surface area (Å²) in [5.41, 5.74) is 0.536. The van der Waals surface area contributed by atoms with Crippen LogP contribution in [0.15, 0.2) is 41.4 Å². The molecule has 248 valence electrons. The fourth-order valence-electron chi connectivity index (χ4n) is 4.43. The van der Waals surface area contributed by atoms with Gasteiger partial charge in [-0.15, -0.1) is 4.99 Å². The van der Waals surface area contributed by atoms with E-state index in [1.54, 1.807) is 70.7 Å². The Morgan fingerprint density at radius 3 is 1.69 bits per heavy atom. The lowest BCUT2D eigenvalue weighted by Gasteiger charge is -2.37. The highest BCUT2D eigenvalue weighted by Gasteiger charge is 2.26. The summed E-state index contributed by atoms with van der Waals surface area (Å²) in [6.07, 6.45) is -1.51. The van der Waals surface area contributed by atoms with Crippen molar-refractivity contribution in [1.82, 2.24) is 15.5 Å². The number of carbonyl (C=O) groups excluding carboxylic acids is 2. The number of benzene rings is 2. The molecule has 0 spiro atoms. The molecule has 12 nitrogen and oxygen atoms in total. The molecule has 2 heterocycles. The smallest absolute Gasteiger partial charge is 0.437 e. The van der Waals surface area contributed by atoms with Gasteiger partial charge in [-0.25, -0.2) is 9.59 Å². The summed E-state index contributed by atoms with van der Waals surface area (Å²) < 4.78 is 10.6. The maximum absolute atomic E-state index is 12.3. The largest absolute Gasteiger partial charge is 0.506 e. The number of nitrogens with one attached hydrogen (secondary N) is 2. The van der Waals surface area contributed by atoms with E-state index in [1.807, 2.05) is 12.1 Å². The first-order valence-electron chi connectivity index (χ1n) is 14.7. The van der Waals surface area contributed by atoms with Crippen LogP contribution in [0.25, 0.3) is 0 Å². The number of carbonyl (C=O) groups is 2. The zero-order valence-electron chi connectivity index (χ0n) is 26.7. The lowest BCUT2D eigenvalue weighted by atomic mass is 10.2. The number of alkyl carbamates (subject to hydrolysis) is 1. The van der Waals surface area contributed by atoms with Gasteiger partial charge in [-0.05, 0) is 77.9 Å². The number of anilines is 2. The average Bonchev–Trinajstić information content (AvgIpc) is 2.94. The predicted molar refractivity (Wildman–Crippen MR) is 178 cm³/mol. The number of rotatable bonds is 2. The standard InChI is InChI=1S/C21H31ClN4O5.C10H13ClN2O/c1-20(2,3)30-18(28)23-17(24-19(29)31-21(4,5)6)26-11-9-25(10-12-26)14-7-8-16(27)15(22)13-14;11-9-7-8(1-2-10(9)14)13-5-3-12-4-6-13/h7-8,13,27H,9-12H2,1-6H3,(H,23,24,28,29);1-2,7,12,14H,3-6H2. The minimum absolute atomic E-state index is 0.0254. The Kier molecular flexibility index (Phi) is 12.4. The number of phenols is 2. The Labute approximate surface area is 274 Å². The molecule has 14 heteroatoms. The van der Waals surface area contributed by atoms with Crippen LogP contribution in [0, 0.1) is 0 Å². The average molecular weight is 668 g/mol. The molecule has 0 unspecified atom stereocenters. The Bertz CT molecular complexity index is 1350. The van der Waals surface area contributed by atoms with E-state index in [2.05, 4.69) is 25.4 Å². The highest BCUT2D eigenvalue weighted by atomic mass is 35.5. The normalized spacial score (nSPS) is 16.0. The number of amides is 2. The highest BCUT2D eigenvalue weighted by molar-refractivity contribution is 6.32. The number of hydrogen-bond donors (Lipinski definition) is 4. The first-order valence-corrected chi connectivity index (χ1v) is 15.5. The minimum atomic E-state index is -0.800. The number of halogens is 2. The van der Waals surface area contributed by atoms with Gasteiger partial charge in [-0.2, -0.15) is 0 Å². The lowest BCUT2D eigenvalue weighted by molar-refractivity contribution is 0.0554. The zero-order chi connectivity index (χ0) is 33.4. The van der Waals surface area contributed by atoms with Crippen LogP contribution in [-0.2, 0) is 9.47 Å². The SMILES string of the molecule is CC(C)(C)OC(=O)N=C(NC(=O)OC(C)(C)C)N1CCN(c2ccc(O)c(Cl)c2)CC1.Oc1ccc(N2CCNCC2)cc1Cl. The van der Waals surface area contributed by atoms with E-state index in [9.17, 15) is 19.8 Å². The van der Waals surface area contributed by atoms with Crippen LogP contribution >= 0.6 is 23.2 Å². The molecule has 2 fully saturated rings. The van der Waals surface area contributed by atoms with Gasteiger partial charge in [0.05, 0.1) is 10.0 Å². The molecule has 2 amide bonds. The third-order valence-corrected chi connectivity index (χ3v) is 7.10. The molecule has 45 heavy (non-hydrogen) atoms. The second-order valence-electron chi connectivity index (χ2n) is 12.5. The maximum Gasteiger partial charge on any atom is 0.437 e. The van der Waals surface area contributed by atoms with Crippen molar-refractivity contribution in [1.29, 1.82) is 0 Å². The summed E-state index contributed by atoms with van der Waals surface area (Å²) in [6, 6.07) is 10.4. The molecule has 0 radical (unpaired) electrons. The molecule has 2 saturated heterocycles. The van der Waals surface area contributed by atoms with E-state index in [0.29, 0.717) is 31.2 Å². The number of hydrogen-bond acceptors (Lipinski definition) is 9. The van der Waals surface area contributed by atoms with E-state index >= 15 is 0 Å². The fraction of sp³-hybridized carbons (Fsp3) is 0.516. The van der Waals surface area contributed by atoms with Crippen molar-refractivity contribution in [3.05, 3.63) is 46.4 Å². The van der Waals surface area contributed by atoms with Gasteiger partial charge in [0.2, 0.25) is 5.96 Å². The van der Waals surface area contributed by atoms with Crippen LogP contribution in [0.4, 0.5) is 21.0 Å². The van der Waals surface area contributed by atoms with Crippen molar-refractivity contribution in [2.75, 3.05) is 62.2 Å². The molecule has 0 bridgehead atoms. The van der Waals surface area contributed by atoms with Crippen molar-refractivity contribution >= 4 is 52.7 Å². The molecule has 0 aromatic heterocycles. The van der Waals surface area contributed by atoms with Gasteiger partial charge in [0.1, 0.15) is 22.7 Å². The number of aromatic hydroxyl groups is 2. The van der Waals surface area contributed by atoms with Gasteiger partial charge in [0, 0.05) is 63.7 Å². The highest BCUT2D eigenvalue weighted by Crippen LogP contribution is 2.29.